The molecule has 2 aromatic carbocycles. The first-order valence-electron chi connectivity index (χ1n) is 9.29. The van der Waals surface area contributed by atoms with E-state index < -0.39 is 43.9 Å². The average molecular weight is 498 g/mol. The highest BCUT2D eigenvalue weighted by Crippen LogP contribution is 2.28. The van der Waals surface area contributed by atoms with E-state index >= 15 is 0 Å². The Balaban J connectivity index is 1.63. The van der Waals surface area contributed by atoms with Gasteiger partial charge in [0.1, 0.15) is 30.4 Å². The average Bonchev–Trinajstić information content (AvgIpc) is 3.29. The molecule has 3 aromatic rings. The topological polar surface area (TPSA) is 141 Å². The minimum atomic E-state index is -4.26. The van der Waals surface area contributed by atoms with E-state index in [9.17, 15) is 27.7 Å². The fraction of sp³-hybridized carbons (Fsp3) is 0.150. The number of rotatable bonds is 10. The van der Waals surface area contributed by atoms with E-state index in [1.165, 1.54) is 18.4 Å². The Bertz CT molecular complexity index is 1270. The van der Waals surface area contributed by atoms with Gasteiger partial charge in [0.2, 0.25) is 10.0 Å². The summed E-state index contributed by atoms with van der Waals surface area (Å²) in [6.07, 6.45) is 1.45. The minimum Gasteiger partial charge on any atom is -0.467 e. The van der Waals surface area contributed by atoms with Gasteiger partial charge in [-0.05, 0) is 36.4 Å². The molecule has 1 aromatic heterocycles. The van der Waals surface area contributed by atoms with Gasteiger partial charge in [-0.25, -0.2) is 12.8 Å². The SMILES string of the molecule is O=C(CNS(=O)(=O)c1ccc(NCc2ccco2)c([N+](=O)[O-])c1)OCc1ccc(F)cc1Cl. The smallest absolute Gasteiger partial charge is 0.321 e. The molecule has 2 N–H and O–H groups in total. The summed E-state index contributed by atoms with van der Waals surface area (Å²) in [6, 6.07) is 10.1. The zero-order chi connectivity index (χ0) is 24.0. The first-order valence-corrected chi connectivity index (χ1v) is 11.2. The monoisotopic (exact) mass is 497 g/mol. The summed E-state index contributed by atoms with van der Waals surface area (Å²) in [5.74, 6) is -0.951. The Morgan fingerprint density at radius 1 is 1.21 bits per heavy atom. The summed E-state index contributed by atoms with van der Waals surface area (Å²) >= 11 is 5.84. The number of furan rings is 1. The molecule has 0 atom stereocenters. The highest BCUT2D eigenvalue weighted by Gasteiger charge is 2.22. The molecular weight excluding hydrogens is 481 g/mol. The lowest BCUT2D eigenvalue weighted by Gasteiger charge is -2.10. The molecule has 0 aliphatic heterocycles. The first-order chi connectivity index (χ1) is 15.7. The quantitative estimate of drug-likeness (QED) is 0.246. The number of hydrogen-bond acceptors (Lipinski definition) is 8. The van der Waals surface area contributed by atoms with Gasteiger partial charge in [-0.1, -0.05) is 17.7 Å². The van der Waals surface area contributed by atoms with Crippen molar-refractivity contribution in [3.8, 4) is 0 Å². The lowest BCUT2D eigenvalue weighted by molar-refractivity contribution is -0.384. The molecule has 1 heterocycles. The molecule has 0 spiro atoms. The van der Waals surface area contributed by atoms with Crippen molar-refractivity contribution in [2.75, 3.05) is 11.9 Å². The van der Waals surface area contributed by atoms with Crippen molar-refractivity contribution in [1.82, 2.24) is 4.72 Å². The second-order valence-electron chi connectivity index (χ2n) is 6.59. The van der Waals surface area contributed by atoms with Crippen molar-refractivity contribution in [3.63, 3.8) is 0 Å². The molecular formula is C20H17ClFN3O7S. The number of anilines is 1. The Morgan fingerprint density at radius 2 is 2.00 bits per heavy atom. The maximum Gasteiger partial charge on any atom is 0.321 e. The van der Waals surface area contributed by atoms with Crippen LogP contribution in [0.15, 0.2) is 64.1 Å². The molecule has 33 heavy (non-hydrogen) atoms. The molecule has 0 saturated carbocycles. The maximum absolute atomic E-state index is 13.1. The number of esters is 1. The Kier molecular flexibility index (Phi) is 7.63. The molecule has 0 radical (unpaired) electrons. The number of nitro benzene ring substituents is 1. The number of nitro groups is 1. The van der Waals surface area contributed by atoms with Crippen molar-refractivity contribution < 1.29 is 31.7 Å². The number of hydrogen-bond donors (Lipinski definition) is 2. The standard InChI is InChI=1S/C20H17ClFN3O7S/c21-17-8-14(22)4-3-13(17)12-32-20(26)11-24-33(29,30)16-5-6-18(19(9-16)25(27)28)23-10-15-2-1-7-31-15/h1-9,23-24H,10-12H2. The van der Waals surface area contributed by atoms with Gasteiger partial charge in [0, 0.05) is 11.6 Å². The normalized spacial score (nSPS) is 11.2. The van der Waals surface area contributed by atoms with Crippen LogP contribution in [0.3, 0.4) is 0 Å². The molecule has 10 nitrogen and oxygen atoms in total. The number of nitrogens with zero attached hydrogens (tertiary/aromatic N) is 1. The summed E-state index contributed by atoms with van der Waals surface area (Å²) < 4.78 is 50.1. The van der Waals surface area contributed by atoms with Crippen LogP contribution in [0.2, 0.25) is 5.02 Å². The summed E-state index contributed by atoms with van der Waals surface area (Å²) in [5, 5.41) is 14.3. The minimum absolute atomic E-state index is 0.0523. The van der Waals surface area contributed by atoms with E-state index in [2.05, 4.69) is 5.32 Å². The third-order valence-electron chi connectivity index (χ3n) is 4.32. The van der Waals surface area contributed by atoms with Gasteiger partial charge in [0.05, 0.1) is 27.6 Å². The molecule has 0 fully saturated rings. The van der Waals surface area contributed by atoms with Gasteiger partial charge in [-0.15, -0.1) is 0 Å². The molecule has 0 unspecified atom stereocenters. The number of ether oxygens (including phenoxy) is 1. The van der Waals surface area contributed by atoms with Gasteiger partial charge in [0.15, 0.2) is 0 Å². The van der Waals surface area contributed by atoms with Crippen LogP contribution in [0.5, 0.6) is 0 Å². The largest absolute Gasteiger partial charge is 0.467 e. The zero-order valence-corrected chi connectivity index (χ0v) is 18.4. The summed E-state index contributed by atoms with van der Waals surface area (Å²) in [7, 11) is -4.26. The highest BCUT2D eigenvalue weighted by molar-refractivity contribution is 7.89. The van der Waals surface area contributed by atoms with E-state index in [0.29, 0.717) is 11.3 Å². The fourth-order valence-corrected chi connectivity index (χ4v) is 3.87. The van der Waals surface area contributed by atoms with Gasteiger partial charge >= 0.3 is 5.97 Å². The second kappa shape index (κ2) is 10.4. The predicted octanol–water partition coefficient (Wildman–Crippen LogP) is 3.61. The Hall–Kier alpha value is -3.48. The van der Waals surface area contributed by atoms with Crippen LogP contribution in [0.1, 0.15) is 11.3 Å². The van der Waals surface area contributed by atoms with E-state index in [1.807, 2.05) is 4.72 Å². The Morgan fingerprint density at radius 3 is 2.67 bits per heavy atom. The van der Waals surface area contributed by atoms with Gasteiger partial charge in [0.25, 0.3) is 5.69 Å². The van der Waals surface area contributed by atoms with Crippen LogP contribution in [0.4, 0.5) is 15.8 Å². The van der Waals surface area contributed by atoms with E-state index in [0.717, 1.165) is 24.3 Å². The third kappa shape index (κ3) is 6.51. The number of carbonyl (C=O) groups excluding carboxylic acids is 1. The summed E-state index contributed by atoms with van der Waals surface area (Å²) in [5.41, 5.74) is -0.0496. The molecule has 0 aliphatic rings. The van der Waals surface area contributed by atoms with E-state index in [1.54, 1.807) is 12.1 Å². The van der Waals surface area contributed by atoms with Crippen molar-refractivity contribution in [2.45, 2.75) is 18.0 Å². The highest BCUT2D eigenvalue weighted by atomic mass is 35.5. The second-order valence-corrected chi connectivity index (χ2v) is 8.76. The van der Waals surface area contributed by atoms with Gasteiger partial charge in [-0.2, -0.15) is 4.72 Å². The molecule has 0 saturated heterocycles. The van der Waals surface area contributed by atoms with E-state index in [-0.39, 0.29) is 23.9 Å². The summed E-state index contributed by atoms with van der Waals surface area (Å²) in [4.78, 5) is 22.2. The van der Waals surface area contributed by atoms with Crippen molar-refractivity contribution in [2.24, 2.45) is 0 Å². The van der Waals surface area contributed by atoms with Crippen LogP contribution >= 0.6 is 11.6 Å². The number of halogens is 2. The van der Waals surface area contributed by atoms with Crippen LogP contribution in [-0.2, 0) is 32.7 Å². The van der Waals surface area contributed by atoms with Crippen molar-refractivity contribution >= 4 is 39.0 Å². The first kappa shape index (κ1) is 24.2. The van der Waals surface area contributed by atoms with Crippen molar-refractivity contribution in [3.05, 3.63) is 87.1 Å². The number of carbonyl (C=O) groups is 1. The number of nitrogens with one attached hydrogen (secondary N) is 2. The van der Waals surface area contributed by atoms with Crippen molar-refractivity contribution in [1.29, 1.82) is 0 Å². The fourth-order valence-electron chi connectivity index (χ4n) is 2.66. The van der Waals surface area contributed by atoms with Crippen LogP contribution < -0.4 is 10.0 Å². The summed E-state index contributed by atoms with van der Waals surface area (Å²) in [6.45, 7) is -0.864. The molecule has 3 rings (SSSR count). The van der Waals surface area contributed by atoms with Crippen LogP contribution in [0.25, 0.3) is 0 Å². The zero-order valence-electron chi connectivity index (χ0n) is 16.8. The van der Waals surface area contributed by atoms with E-state index in [4.69, 9.17) is 20.8 Å². The molecule has 0 amide bonds. The number of sulfonamides is 1. The predicted molar refractivity (Wildman–Crippen MR) is 116 cm³/mol. The number of benzene rings is 2. The maximum atomic E-state index is 13.1. The Labute approximate surface area is 192 Å². The third-order valence-corrected chi connectivity index (χ3v) is 6.07. The molecule has 174 valence electrons. The lowest BCUT2D eigenvalue weighted by Crippen LogP contribution is -2.30. The van der Waals surface area contributed by atoms with Crippen LogP contribution in [-0.4, -0.2) is 25.9 Å². The van der Waals surface area contributed by atoms with Gasteiger partial charge < -0.3 is 14.5 Å². The lowest BCUT2D eigenvalue weighted by atomic mass is 10.2. The van der Waals surface area contributed by atoms with Crippen LogP contribution in [0, 0.1) is 15.9 Å². The molecule has 0 aliphatic carbocycles. The molecule has 13 heteroatoms. The van der Waals surface area contributed by atoms with Gasteiger partial charge in [-0.3, -0.25) is 14.9 Å². The molecule has 0 bridgehead atoms.